The first-order valence-corrected chi connectivity index (χ1v) is 7.89. The van der Waals surface area contributed by atoms with Crippen LogP contribution in [0.1, 0.15) is 24.5 Å². The molecule has 0 bridgehead atoms. The van der Waals surface area contributed by atoms with E-state index in [1.165, 1.54) is 0 Å². The molecule has 22 heavy (non-hydrogen) atoms. The van der Waals surface area contributed by atoms with Crippen molar-refractivity contribution in [3.8, 4) is 5.75 Å². The minimum absolute atomic E-state index is 0.0711. The number of nitrogens with zero attached hydrogens (tertiary/aromatic N) is 1. The highest BCUT2D eigenvalue weighted by Gasteiger charge is 2.17. The number of benzene rings is 1. The molecule has 5 nitrogen and oxygen atoms in total. The summed E-state index contributed by atoms with van der Waals surface area (Å²) in [6.07, 6.45) is 1.05. The molecule has 0 aromatic heterocycles. The van der Waals surface area contributed by atoms with Gasteiger partial charge in [-0.2, -0.15) is 0 Å². The molecule has 2 rings (SSSR count). The maximum absolute atomic E-state index is 11.9. The summed E-state index contributed by atoms with van der Waals surface area (Å²) in [5.41, 5.74) is 2.15. The summed E-state index contributed by atoms with van der Waals surface area (Å²) in [6, 6.07) is 6.01. The molecule has 0 aliphatic carbocycles. The van der Waals surface area contributed by atoms with Gasteiger partial charge in [-0.25, -0.2) is 4.79 Å². The molecule has 1 fully saturated rings. The van der Waals surface area contributed by atoms with Gasteiger partial charge in [0.05, 0.1) is 13.2 Å². The predicted molar refractivity (Wildman–Crippen MR) is 86.1 cm³/mol. The summed E-state index contributed by atoms with van der Waals surface area (Å²) in [7, 11) is 1.78. The molecule has 1 atom stereocenters. The second kappa shape index (κ2) is 8.03. The number of ether oxygens (including phenoxy) is 2. The Morgan fingerprint density at radius 1 is 1.50 bits per heavy atom. The molecule has 1 saturated heterocycles. The number of hydrogen-bond acceptors (Lipinski definition) is 3. The van der Waals surface area contributed by atoms with Crippen LogP contribution in [0.5, 0.6) is 5.75 Å². The third kappa shape index (κ3) is 4.63. The van der Waals surface area contributed by atoms with Gasteiger partial charge in [0.1, 0.15) is 5.75 Å². The first kappa shape index (κ1) is 16.6. The average Bonchev–Trinajstić information content (AvgIpc) is 3.04. The van der Waals surface area contributed by atoms with Crippen molar-refractivity contribution in [2.45, 2.75) is 26.8 Å². The van der Waals surface area contributed by atoms with E-state index in [1.807, 2.05) is 32.0 Å². The van der Waals surface area contributed by atoms with Gasteiger partial charge in [0.15, 0.2) is 0 Å². The normalized spacial score (nSPS) is 17.3. The van der Waals surface area contributed by atoms with Crippen molar-refractivity contribution in [2.24, 2.45) is 5.92 Å². The first-order chi connectivity index (χ1) is 10.6. The number of amides is 2. The highest BCUT2D eigenvalue weighted by atomic mass is 16.5. The largest absolute Gasteiger partial charge is 0.493 e. The van der Waals surface area contributed by atoms with Crippen molar-refractivity contribution in [3.05, 3.63) is 29.3 Å². The first-order valence-electron chi connectivity index (χ1n) is 7.89. The van der Waals surface area contributed by atoms with Gasteiger partial charge in [0.25, 0.3) is 0 Å². The molecule has 1 N–H and O–H groups in total. The number of rotatable bonds is 6. The minimum atomic E-state index is -0.0711. The fourth-order valence-electron chi connectivity index (χ4n) is 2.31. The zero-order valence-electron chi connectivity index (χ0n) is 13.7. The molecule has 0 spiro atoms. The third-order valence-corrected chi connectivity index (χ3v) is 3.97. The molecule has 1 aliphatic heterocycles. The summed E-state index contributed by atoms with van der Waals surface area (Å²) >= 11 is 0. The van der Waals surface area contributed by atoms with Crippen molar-refractivity contribution >= 4 is 6.03 Å². The third-order valence-electron chi connectivity index (χ3n) is 3.97. The molecule has 0 saturated carbocycles. The number of aryl methyl sites for hydroxylation is 1. The van der Waals surface area contributed by atoms with Gasteiger partial charge >= 0.3 is 6.03 Å². The van der Waals surface area contributed by atoms with Gasteiger partial charge < -0.3 is 19.7 Å². The fourth-order valence-corrected chi connectivity index (χ4v) is 2.31. The predicted octanol–water partition coefficient (Wildman–Crippen LogP) is 2.57. The zero-order chi connectivity index (χ0) is 15.9. The fraction of sp³-hybridized carbons (Fsp3) is 0.588. The number of nitrogens with one attached hydrogen (secondary N) is 1. The maximum Gasteiger partial charge on any atom is 0.317 e. The van der Waals surface area contributed by atoms with Gasteiger partial charge in [0, 0.05) is 38.2 Å². The monoisotopic (exact) mass is 306 g/mol. The van der Waals surface area contributed by atoms with Crippen LogP contribution in [0.3, 0.4) is 0 Å². The van der Waals surface area contributed by atoms with Gasteiger partial charge in [-0.15, -0.1) is 0 Å². The topological polar surface area (TPSA) is 50.8 Å². The molecule has 1 aliphatic rings. The SMILES string of the molecule is CCN(C)C(=O)NCc1ccc(C)cc1OC[C@H]1CCOC1. The van der Waals surface area contributed by atoms with Gasteiger partial charge in [-0.3, -0.25) is 0 Å². The molecule has 1 heterocycles. The lowest BCUT2D eigenvalue weighted by atomic mass is 10.1. The lowest BCUT2D eigenvalue weighted by Gasteiger charge is -2.18. The molecule has 0 radical (unpaired) electrons. The zero-order valence-corrected chi connectivity index (χ0v) is 13.7. The molecule has 1 aromatic rings. The van der Waals surface area contributed by atoms with E-state index in [1.54, 1.807) is 11.9 Å². The van der Waals surface area contributed by atoms with Crippen molar-refractivity contribution < 1.29 is 14.3 Å². The van der Waals surface area contributed by atoms with Crippen LogP contribution in [0.2, 0.25) is 0 Å². The molecule has 5 heteroatoms. The van der Waals surface area contributed by atoms with Crippen LogP contribution in [0.25, 0.3) is 0 Å². The Labute approximate surface area is 132 Å². The number of carbonyl (C=O) groups excluding carboxylic acids is 1. The molecular weight excluding hydrogens is 280 g/mol. The quantitative estimate of drug-likeness (QED) is 0.879. The summed E-state index contributed by atoms with van der Waals surface area (Å²) in [6.45, 7) is 7.42. The van der Waals surface area contributed by atoms with E-state index in [2.05, 4.69) is 5.32 Å². The van der Waals surface area contributed by atoms with E-state index in [0.29, 0.717) is 25.6 Å². The number of urea groups is 1. The summed E-state index contributed by atoms with van der Waals surface area (Å²) < 4.78 is 11.4. The summed E-state index contributed by atoms with van der Waals surface area (Å²) in [5.74, 6) is 1.32. The number of carbonyl (C=O) groups is 1. The van der Waals surface area contributed by atoms with Crippen molar-refractivity contribution in [3.63, 3.8) is 0 Å². The standard InChI is InChI=1S/C17H26N2O3/c1-4-19(3)17(20)18-10-15-6-5-13(2)9-16(15)22-12-14-7-8-21-11-14/h5-6,9,14H,4,7-8,10-12H2,1-3H3,(H,18,20)/t14-/m0/s1. The molecule has 0 unspecified atom stereocenters. The summed E-state index contributed by atoms with van der Waals surface area (Å²) in [4.78, 5) is 13.5. The van der Waals surface area contributed by atoms with Gasteiger partial charge in [-0.1, -0.05) is 12.1 Å². The Balaban J connectivity index is 1.95. The highest BCUT2D eigenvalue weighted by Crippen LogP contribution is 2.22. The summed E-state index contributed by atoms with van der Waals surface area (Å²) in [5, 5.41) is 2.92. The van der Waals surface area contributed by atoms with Crippen LogP contribution in [0.15, 0.2) is 18.2 Å². The van der Waals surface area contributed by atoms with Crippen LogP contribution in [-0.2, 0) is 11.3 Å². The van der Waals surface area contributed by atoms with Crippen LogP contribution >= 0.6 is 0 Å². The van der Waals surface area contributed by atoms with Crippen LogP contribution in [0.4, 0.5) is 4.79 Å². The van der Waals surface area contributed by atoms with Crippen molar-refractivity contribution in [1.29, 1.82) is 0 Å². The molecule has 2 amide bonds. The average molecular weight is 306 g/mol. The Morgan fingerprint density at radius 3 is 3.00 bits per heavy atom. The van der Waals surface area contributed by atoms with Crippen LogP contribution in [0, 0.1) is 12.8 Å². The second-order valence-corrected chi connectivity index (χ2v) is 5.82. The van der Waals surface area contributed by atoms with E-state index in [0.717, 1.165) is 36.5 Å². The van der Waals surface area contributed by atoms with E-state index >= 15 is 0 Å². The van der Waals surface area contributed by atoms with Crippen molar-refractivity contribution in [2.75, 3.05) is 33.4 Å². The molecule has 122 valence electrons. The lowest BCUT2D eigenvalue weighted by Crippen LogP contribution is -2.36. The van der Waals surface area contributed by atoms with Crippen molar-refractivity contribution in [1.82, 2.24) is 10.2 Å². The smallest absolute Gasteiger partial charge is 0.317 e. The van der Waals surface area contributed by atoms with E-state index in [-0.39, 0.29) is 6.03 Å². The van der Waals surface area contributed by atoms with Gasteiger partial charge in [-0.05, 0) is 31.9 Å². The number of hydrogen-bond donors (Lipinski definition) is 1. The Hall–Kier alpha value is -1.75. The van der Waals surface area contributed by atoms with E-state index in [4.69, 9.17) is 9.47 Å². The maximum atomic E-state index is 11.9. The van der Waals surface area contributed by atoms with Crippen LogP contribution < -0.4 is 10.1 Å². The van der Waals surface area contributed by atoms with E-state index < -0.39 is 0 Å². The van der Waals surface area contributed by atoms with E-state index in [9.17, 15) is 4.79 Å². The molecular formula is C17H26N2O3. The second-order valence-electron chi connectivity index (χ2n) is 5.82. The molecule has 1 aromatic carbocycles. The Kier molecular flexibility index (Phi) is 6.07. The van der Waals surface area contributed by atoms with Crippen LogP contribution in [-0.4, -0.2) is 44.3 Å². The Morgan fingerprint density at radius 2 is 2.32 bits per heavy atom. The lowest BCUT2D eigenvalue weighted by molar-refractivity contribution is 0.166. The minimum Gasteiger partial charge on any atom is -0.493 e. The Bertz CT molecular complexity index is 499. The highest BCUT2D eigenvalue weighted by molar-refractivity contribution is 5.73. The van der Waals surface area contributed by atoms with Gasteiger partial charge in [0.2, 0.25) is 0 Å².